The van der Waals surface area contributed by atoms with Gasteiger partial charge in [-0.1, -0.05) is 71.1 Å². The highest BCUT2D eigenvalue weighted by atomic mass is 79.9. The van der Waals surface area contributed by atoms with Crippen LogP contribution in [0, 0.1) is 0 Å². The minimum absolute atomic E-state index is 0.0793. The number of thiocarbonyl (C=S) groups is 1. The molecule has 0 atom stereocenters. The second-order valence-corrected chi connectivity index (χ2v) is 9.18. The minimum Gasteiger partial charge on any atom is -0.326 e. The van der Waals surface area contributed by atoms with E-state index in [1.807, 2.05) is 42.5 Å². The van der Waals surface area contributed by atoms with Gasteiger partial charge < -0.3 is 5.32 Å². The molecule has 2 amide bonds. The van der Waals surface area contributed by atoms with Crippen LogP contribution >= 0.6 is 39.9 Å². The molecule has 0 aliphatic carbocycles. The van der Waals surface area contributed by atoms with Crippen molar-refractivity contribution in [2.24, 2.45) is 0 Å². The summed E-state index contributed by atoms with van der Waals surface area (Å²) in [6, 6.07) is 15.6. The predicted octanol–water partition coefficient (Wildman–Crippen LogP) is 5.63. The van der Waals surface area contributed by atoms with Crippen molar-refractivity contribution >= 4 is 67.8 Å². The Balaban J connectivity index is 1.52. The molecule has 0 aromatic heterocycles. The van der Waals surface area contributed by atoms with Crippen LogP contribution in [0.2, 0.25) is 0 Å². The van der Waals surface area contributed by atoms with E-state index in [1.165, 1.54) is 17.3 Å². The lowest BCUT2D eigenvalue weighted by atomic mass is 10.1. The van der Waals surface area contributed by atoms with Crippen molar-refractivity contribution in [2.75, 3.05) is 11.9 Å². The Morgan fingerprint density at radius 3 is 2.52 bits per heavy atom. The van der Waals surface area contributed by atoms with Crippen LogP contribution in [0.3, 0.4) is 0 Å². The summed E-state index contributed by atoms with van der Waals surface area (Å²) in [5.74, 6) is -0.169. The molecule has 0 radical (unpaired) electrons. The molecule has 150 valence electrons. The Kier molecular flexibility index (Phi) is 7.64. The van der Waals surface area contributed by atoms with Crippen molar-refractivity contribution in [2.45, 2.75) is 26.2 Å². The van der Waals surface area contributed by atoms with E-state index in [2.05, 4.69) is 40.3 Å². The van der Waals surface area contributed by atoms with E-state index < -0.39 is 0 Å². The van der Waals surface area contributed by atoms with Gasteiger partial charge in [0.1, 0.15) is 4.32 Å². The standard InChI is InChI=1S/C22H21BrN2O2S2/c1-2-15-5-7-16(8-6-15)14-19-21(27)25(22(28)29-19)13-3-4-20(26)24-18-11-9-17(23)10-12-18/h5-12,14H,2-4,13H2,1H3,(H,24,26)/b19-14-. The Morgan fingerprint density at radius 2 is 1.86 bits per heavy atom. The average molecular weight is 489 g/mol. The van der Waals surface area contributed by atoms with Gasteiger partial charge in [-0.2, -0.15) is 0 Å². The summed E-state index contributed by atoms with van der Waals surface area (Å²) in [5.41, 5.74) is 2.99. The first kappa shape index (κ1) is 21.7. The van der Waals surface area contributed by atoms with E-state index in [9.17, 15) is 9.59 Å². The lowest BCUT2D eigenvalue weighted by Crippen LogP contribution is -2.29. The van der Waals surface area contributed by atoms with Gasteiger partial charge in [-0.25, -0.2) is 0 Å². The molecule has 3 rings (SSSR count). The number of anilines is 1. The fourth-order valence-electron chi connectivity index (χ4n) is 2.85. The summed E-state index contributed by atoms with van der Waals surface area (Å²) < 4.78 is 1.50. The van der Waals surface area contributed by atoms with Crippen molar-refractivity contribution in [3.63, 3.8) is 0 Å². The van der Waals surface area contributed by atoms with Crippen molar-refractivity contribution in [1.82, 2.24) is 4.90 Å². The third-order valence-electron chi connectivity index (χ3n) is 4.47. The lowest BCUT2D eigenvalue weighted by Gasteiger charge is -2.14. The van der Waals surface area contributed by atoms with E-state index in [4.69, 9.17) is 12.2 Å². The highest BCUT2D eigenvalue weighted by molar-refractivity contribution is 9.10. The minimum atomic E-state index is -0.0899. The number of rotatable bonds is 7. The van der Waals surface area contributed by atoms with Gasteiger partial charge >= 0.3 is 0 Å². The van der Waals surface area contributed by atoms with Gasteiger partial charge in [-0.05, 0) is 54.3 Å². The van der Waals surface area contributed by atoms with Crippen molar-refractivity contribution in [1.29, 1.82) is 0 Å². The molecule has 4 nitrogen and oxygen atoms in total. The molecular formula is C22H21BrN2O2S2. The number of halogens is 1. The second-order valence-electron chi connectivity index (χ2n) is 6.59. The van der Waals surface area contributed by atoms with Crippen LogP contribution in [0.1, 0.15) is 30.9 Å². The molecule has 1 aliphatic heterocycles. The zero-order valence-electron chi connectivity index (χ0n) is 16.0. The summed E-state index contributed by atoms with van der Waals surface area (Å²) >= 11 is 10.0. The third kappa shape index (κ3) is 6.01. The highest BCUT2D eigenvalue weighted by Gasteiger charge is 2.31. The third-order valence-corrected chi connectivity index (χ3v) is 6.38. The largest absolute Gasteiger partial charge is 0.326 e. The number of hydrogen-bond acceptors (Lipinski definition) is 4. The highest BCUT2D eigenvalue weighted by Crippen LogP contribution is 2.32. The molecular weight excluding hydrogens is 468 g/mol. The maximum absolute atomic E-state index is 12.7. The zero-order chi connectivity index (χ0) is 20.8. The molecule has 1 aliphatic rings. The van der Waals surface area contributed by atoms with E-state index in [0.717, 1.165) is 22.1 Å². The molecule has 0 saturated carbocycles. The fraction of sp³-hybridized carbons (Fsp3) is 0.227. The van der Waals surface area contributed by atoms with Crippen LogP contribution in [-0.2, 0) is 16.0 Å². The summed E-state index contributed by atoms with van der Waals surface area (Å²) in [4.78, 5) is 27.0. The number of thioether (sulfide) groups is 1. The summed E-state index contributed by atoms with van der Waals surface area (Å²) in [6.07, 6.45) is 3.73. The maximum atomic E-state index is 12.7. The van der Waals surface area contributed by atoms with E-state index in [-0.39, 0.29) is 11.8 Å². The molecule has 2 aromatic rings. The van der Waals surface area contributed by atoms with Gasteiger partial charge in [-0.3, -0.25) is 14.5 Å². The van der Waals surface area contributed by atoms with E-state index in [1.54, 1.807) is 4.90 Å². The van der Waals surface area contributed by atoms with Gasteiger partial charge in [0.15, 0.2) is 0 Å². The number of amides is 2. The van der Waals surface area contributed by atoms with Gasteiger partial charge in [-0.15, -0.1) is 0 Å². The van der Waals surface area contributed by atoms with Gasteiger partial charge in [0, 0.05) is 23.1 Å². The van der Waals surface area contributed by atoms with Crippen LogP contribution in [0.25, 0.3) is 6.08 Å². The van der Waals surface area contributed by atoms with Crippen LogP contribution in [0.4, 0.5) is 5.69 Å². The first-order chi connectivity index (χ1) is 14.0. The smallest absolute Gasteiger partial charge is 0.266 e. The topological polar surface area (TPSA) is 49.4 Å². The number of nitrogens with one attached hydrogen (secondary N) is 1. The Labute approximate surface area is 188 Å². The van der Waals surface area contributed by atoms with Gasteiger partial charge in [0.2, 0.25) is 5.91 Å². The summed E-state index contributed by atoms with van der Waals surface area (Å²) in [6.45, 7) is 2.55. The molecule has 0 spiro atoms. The molecule has 1 N–H and O–H groups in total. The van der Waals surface area contributed by atoms with Crippen molar-refractivity contribution in [3.05, 3.63) is 69.0 Å². The van der Waals surface area contributed by atoms with Crippen LogP contribution in [0.15, 0.2) is 57.9 Å². The van der Waals surface area contributed by atoms with E-state index >= 15 is 0 Å². The first-order valence-corrected chi connectivity index (χ1v) is 11.4. The molecule has 2 aromatic carbocycles. The fourth-order valence-corrected chi connectivity index (χ4v) is 4.42. The second kappa shape index (κ2) is 10.2. The van der Waals surface area contributed by atoms with E-state index in [0.29, 0.717) is 28.6 Å². The number of nitrogens with zero attached hydrogens (tertiary/aromatic N) is 1. The van der Waals surface area contributed by atoms with Crippen LogP contribution < -0.4 is 5.32 Å². The van der Waals surface area contributed by atoms with Crippen molar-refractivity contribution < 1.29 is 9.59 Å². The van der Waals surface area contributed by atoms with Gasteiger partial charge in [0.05, 0.1) is 4.91 Å². The van der Waals surface area contributed by atoms with Gasteiger partial charge in [0.25, 0.3) is 5.91 Å². The summed E-state index contributed by atoms with van der Waals surface area (Å²) in [5, 5.41) is 2.86. The maximum Gasteiger partial charge on any atom is 0.266 e. The monoisotopic (exact) mass is 488 g/mol. The Morgan fingerprint density at radius 1 is 1.17 bits per heavy atom. The number of aryl methyl sites for hydroxylation is 1. The summed E-state index contributed by atoms with van der Waals surface area (Å²) in [7, 11) is 0. The zero-order valence-corrected chi connectivity index (χ0v) is 19.2. The average Bonchev–Trinajstić information content (AvgIpc) is 2.97. The van der Waals surface area contributed by atoms with Crippen LogP contribution in [0.5, 0.6) is 0 Å². The first-order valence-electron chi connectivity index (χ1n) is 9.36. The molecule has 1 saturated heterocycles. The molecule has 1 heterocycles. The normalized spacial score (nSPS) is 15.2. The Hall–Kier alpha value is -1.96. The molecule has 0 unspecified atom stereocenters. The quantitative estimate of drug-likeness (QED) is 0.405. The Bertz CT molecular complexity index is 940. The van der Waals surface area contributed by atoms with Crippen LogP contribution in [-0.4, -0.2) is 27.6 Å². The van der Waals surface area contributed by atoms with Crippen molar-refractivity contribution in [3.8, 4) is 0 Å². The molecule has 29 heavy (non-hydrogen) atoms. The SMILES string of the molecule is CCc1ccc(/C=C2\SC(=S)N(CCCC(=O)Nc3ccc(Br)cc3)C2=O)cc1. The molecule has 0 bridgehead atoms. The number of hydrogen-bond donors (Lipinski definition) is 1. The number of benzene rings is 2. The number of carbonyl (C=O) groups excluding carboxylic acids is 2. The number of carbonyl (C=O) groups is 2. The lowest BCUT2D eigenvalue weighted by molar-refractivity contribution is -0.122. The molecule has 1 fully saturated rings. The molecule has 7 heteroatoms. The predicted molar refractivity (Wildman–Crippen MR) is 128 cm³/mol.